The molecule has 2 amide bonds. The average molecular weight is 594 g/mol. The van der Waals surface area contributed by atoms with Crippen LogP contribution in [0.2, 0.25) is 10.0 Å². The number of amides is 2. The molecule has 41 heavy (non-hydrogen) atoms. The second kappa shape index (κ2) is 13.4. The van der Waals surface area contributed by atoms with Crippen LogP contribution in [0.5, 0.6) is 0 Å². The summed E-state index contributed by atoms with van der Waals surface area (Å²) in [5.74, 6) is 0.281. The first-order valence-electron chi connectivity index (χ1n) is 14.4. The first-order chi connectivity index (χ1) is 19.8. The maximum atomic E-state index is 14.3. The molecule has 5 atom stereocenters. The van der Waals surface area contributed by atoms with Crippen LogP contribution in [0.1, 0.15) is 48.3 Å². The van der Waals surface area contributed by atoms with Crippen LogP contribution < -0.4 is 11.1 Å². The van der Waals surface area contributed by atoms with Gasteiger partial charge in [0.1, 0.15) is 6.04 Å². The van der Waals surface area contributed by atoms with Crippen LogP contribution >= 0.6 is 23.2 Å². The molecule has 1 unspecified atom stereocenters. The van der Waals surface area contributed by atoms with E-state index in [4.69, 9.17) is 28.9 Å². The van der Waals surface area contributed by atoms with E-state index in [9.17, 15) is 9.59 Å². The second-order valence-electron chi connectivity index (χ2n) is 11.4. The molecule has 6 nitrogen and oxygen atoms in total. The van der Waals surface area contributed by atoms with Crippen LogP contribution in [-0.2, 0) is 16.0 Å². The molecule has 0 aliphatic carbocycles. The zero-order valence-corrected chi connectivity index (χ0v) is 24.9. The molecule has 0 bridgehead atoms. The van der Waals surface area contributed by atoms with E-state index in [1.807, 2.05) is 17.0 Å². The van der Waals surface area contributed by atoms with Gasteiger partial charge in [-0.3, -0.25) is 9.59 Å². The van der Waals surface area contributed by atoms with Crippen LogP contribution in [-0.4, -0.2) is 65.9 Å². The molecular formula is C33H38Cl2N4O2. The van der Waals surface area contributed by atoms with Crippen molar-refractivity contribution in [2.45, 2.75) is 56.1 Å². The van der Waals surface area contributed by atoms with Gasteiger partial charge in [0.2, 0.25) is 11.8 Å². The first kappa shape index (κ1) is 29.6. The number of nitrogens with one attached hydrogen (secondary N) is 1. The minimum absolute atomic E-state index is 0.0331. The van der Waals surface area contributed by atoms with Gasteiger partial charge in [-0.15, -0.1) is 0 Å². The normalized spacial score (nSPS) is 22.4. The van der Waals surface area contributed by atoms with E-state index in [2.05, 4.69) is 64.8 Å². The number of nitrogens with zero attached hydrogens (tertiary/aromatic N) is 2. The molecule has 2 aliphatic heterocycles. The zero-order valence-electron chi connectivity index (χ0n) is 23.4. The molecule has 216 valence electrons. The van der Waals surface area contributed by atoms with Crippen molar-refractivity contribution in [2.24, 2.45) is 5.73 Å². The Labute approximate surface area is 252 Å². The van der Waals surface area contributed by atoms with Crippen molar-refractivity contribution in [3.05, 3.63) is 106 Å². The Morgan fingerprint density at radius 2 is 1.59 bits per heavy atom. The number of hydrogen-bond donors (Lipinski definition) is 2. The summed E-state index contributed by atoms with van der Waals surface area (Å²) in [5, 5.41) is 3.79. The molecule has 2 aliphatic rings. The predicted molar refractivity (Wildman–Crippen MR) is 165 cm³/mol. The second-order valence-corrected chi connectivity index (χ2v) is 12.3. The maximum Gasteiger partial charge on any atom is 0.245 e. The Morgan fingerprint density at radius 3 is 2.22 bits per heavy atom. The summed E-state index contributed by atoms with van der Waals surface area (Å²) < 4.78 is 0. The largest absolute Gasteiger partial charge is 0.343 e. The summed E-state index contributed by atoms with van der Waals surface area (Å²) in [6.45, 7) is 5.01. The topological polar surface area (TPSA) is 78.7 Å². The summed E-state index contributed by atoms with van der Waals surface area (Å²) in [4.78, 5) is 31.5. The monoisotopic (exact) mass is 592 g/mol. The Morgan fingerprint density at radius 1 is 0.927 bits per heavy atom. The van der Waals surface area contributed by atoms with Gasteiger partial charge < -0.3 is 20.9 Å². The van der Waals surface area contributed by atoms with E-state index >= 15 is 0 Å². The average Bonchev–Trinajstić information content (AvgIpc) is 3.63. The fourth-order valence-electron chi connectivity index (χ4n) is 6.23. The molecule has 3 aromatic carbocycles. The molecule has 0 aromatic heterocycles. The van der Waals surface area contributed by atoms with E-state index in [0.29, 0.717) is 28.9 Å². The Kier molecular flexibility index (Phi) is 9.66. The highest BCUT2D eigenvalue weighted by atomic mass is 35.5. The van der Waals surface area contributed by atoms with Gasteiger partial charge in [0.05, 0.1) is 16.1 Å². The van der Waals surface area contributed by atoms with E-state index in [1.54, 1.807) is 19.1 Å². The minimum Gasteiger partial charge on any atom is -0.343 e. The van der Waals surface area contributed by atoms with Crippen LogP contribution in [0, 0.1) is 0 Å². The Hall–Kier alpha value is -2.90. The number of nitrogens with two attached hydrogens (primary N) is 1. The lowest BCUT2D eigenvalue weighted by molar-refractivity contribution is -0.137. The van der Waals surface area contributed by atoms with Crippen molar-refractivity contribution in [1.29, 1.82) is 0 Å². The lowest BCUT2D eigenvalue weighted by atomic mass is 9.96. The third-order valence-electron chi connectivity index (χ3n) is 8.43. The number of rotatable bonds is 9. The SMILES string of the molecule is CC(N)C(=O)N[C@@H](Cc1ccc(Cl)c(Cl)c1)C(=O)N1C[C@@H](c2ccccc2)C[C@H]1CN1CC[C@@H](c2ccccc2)C1. The maximum absolute atomic E-state index is 14.3. The van der Waals surface area contributed by atoms with Crippen molar-refractivity contribution in [3.8, 4) is 0 Å². The van der Waals surface area contributed by atoms with Gasteiger partial charge in [-0.2, -0.15) is 0 Å². The third kappa shape index (κ3) is 7.31. The number of hydrogen-bond acceptors (Lipinski definition) is 4. The number of likely N-dealkylation sites (tertiary alicyclic amines) is 2. The van der Waals surface area contributed by atoms with Crippen molar-refractivity contribution in [3.63, 3.8) is 0 Å². The molecule has 0 saturated carbocycles. The number of benzene rings is 3. The Bertz CT molecular complexity index is 1340. The molecule has 8 heteroatoms. The van der Waals surface area contributed by atoms with Gasteiger partial charge in [0.15, 0.2) is 0 Å². The molecule has 3 aromatic rings. The smallest absolute Gasteiger partial charge is 0.245 e. The van der Waals surface area contributed by atoms with Crippen LogP contribution in [0.3, 0.4) is 0 Å². The number of carbonyl (C=O) groups is 2. The summed E-state index contributed by atoms with van der Waals surface area (Å²) in [7, 11) is 0. The lowest BCUT2D eigenvalue weighted by Gasteiger charge is -2.32. The van der Waals surface area contributed by atoms with E-state index in [1.165, 1.54) is 11.1 Å². The molecule has 5 rings (SSSR count). The molecule has 0 spiro atoms. The highest BCUT2D eigenvalue weighted by Crippen LogP contribution is 2.35. The lowest BCUT2D eigenvalue weighted by Crippen LogP contribution is -2.55. The predicted octanol–water partition coefficient (Wildman–Crippen LogP) is 5.24. The molecule has 0 radical (unpaired) electrons. The van der Waals surface area contributed by atoms with Crippen molar-refractivity contribution >= 4 is 35.0 Å². The van der Waals surface area contributed by atoms with Crippen molar-refractivity contribution < 1.29 is 9.59 Å². The summed E-state index contributed by atoms with van der Waals surface area (Å²) in [6, 6.07) is 24.9. The number of halogens is 2. The fourth-order valence-corrected chi connectivity index (χ4v) is 6.55. The summed E-state index contributed by atoms with van der Waals surface area (Å²) >= 11 is 12.4. The standard InChI is InChI=1S/C33H38Cl2N4O2/c1-22(36)32(40)37-31(17-23-12-13-29(34)30(35)16-23)33(41)39-20-27(25-10-6-3-7-11-25)18-28(39)21-38-15-14-26(19-38)24-8-4-2-5-9-24/h2-13,16,22,26-28,31H,14-15,17-21,36H2,1H3,(H,37,40)/t22?,26-,27+,28+,31+/m1/s1. The fraction of sp³-hybridized carbons (Fsp3) is 0.394. The van der Waals surface area contributed by atoms with Crippen LogP contribution in [0.25, 0.3) is 0 Å². The van der Waals surface area contributed by atoms with Gasteiger partial charge in [-0.1, -0.05) is 89.9 Å². The van der Waals surface area contributed by atoms with Gasteiger partial charge in [0.25, 0.3) is 0 Å². The molecule has 3 N–H and O–H groups in total. The van der Waals surface area contributed by atoms with Gasteiger partial charge in [-0.25, -0.2) is 0 Å². The van der Waals surface area contributed by atoms with Crippen molar-refractivity contribution in [2.75, 3.05) is 26.2 Å². The quantitative estimate of drug-likeness (QED) is 0.356. The summed E-state index contributed by atoms with van der Waals surface area (Å²) in [6.07, 6.45) is 2.29. The first-order valence-corrected chi connectivity index (χ1v) is 15.2. The van der Waals surface area contributed by atoms with Crippen LogP contribution in [0.4, 0.5) is 0 Å². The molecule has 2 heterocycles. The highest BCUT2D eigenvalue weighted by Gasteiger charge is 2.40. The minimum atomic E-state index is -0.765. The van der Waals surface area contributed by atoms with Crippen LogP contribution in [0.15, 0.2) is 78.9 Å². The van der Waals surface area contributed by atoms with Crippen molar-refractivity contribution in [1.82, 2.24) is 15.1 Å². The molecule has 2 fully saturated rings. The molecule has 2 saturated heterocycles. The van der Waals surface area contributed by atoms with E-state index < -0.39 is 12.1 Å². The van der Waals surface area contributed by atoms with E-state index in [-0.39, 0.29) is 23.8 Å². The zero-order chi connectivity index (χ0) is 28.9. The third-order valence-corrected chi connectivity index (χ3v) is 9.17. The van der Waals surface area contributed by atoms with Gasteiger partial charge >= 0.3 is 0 Å². The summed E-state index contributed by atoms with van der Waals surface area (Å²) in [5.41, 5.74) is 9.32. The number of carbonyl (C=O) groups excluding carboxylic acids is 2. The molecular weight excluding hydrogens is 555 g/mol. The van der Waals surface area contributed by atoms with E-state index in [0.717, 1.165) is 38.0 Å². The highest BCUT2D eigenvalue weighted by molar-refractivity contribution is 6.42. The Balaban J connectivity index is 1.37. The van der Waals surface area contributed by atoms with Gasteiger partial charge in [-0.05, 0) is 61.1 Å². The van der Waals surface area contributed by atoms with Gasteiger partial charge in [0, 0.05) is 38.0 Å².